The fourth-order valence-corrected chi connectivity index (χ4v) is 2.39. The molecule has 0 aliphatic carbocycles. The van der Waals surface area contributed by atoms with Crippen LogP contribution in [-0.2, 0) is 0 Å². The smallest absolute Gasteiger partial charge is 0.0577 e. The quantitative estimate of drug-likeness (QED) is 0.510. The van der Waals surface area contributed by atoms with Gasteiger partial charge in [-0.05, 0) is 34.7 Å². The zero-order valence-electron chi connectivity index (χ0n) is 10.9. The summed E-state index contributed by atoms with van der Waals surface area (Å²) in [6.45, 7) is 0.709. The van der Waals surface area contributed by atoms with Crippen molar-refractivity contribution in [3.05, 3.63) is 60.2 Å². The monoisotopic (exact) mass is 245 g/mol. The second kappa shape index (κ2) is 5.14. The maximum atomic E-state index is 3.27. The first-order chi connectivity index (χ1) is 9.40. The van der Waals surface area contributed by atoms with Crippen LogP contribution in [0, 0.1) is 11.8 Å². The van der Waals surface area contributed by atoms with Crippen molar-refractivity contribution in [3.8, 4) is 11.8 Å². The highest BCUT2D eigenvalue weighted by atomic mass is 14.8. The van der Waals surface area contributed by atoms with Gasteiger partial charge in [0.1, 0.15) is 0 Å². The molecule has 0 atom stereocenters. The second-order valence-corrected chi connectivity index (χ2v) is 4.52. The summed E-state index contributed by atoms with van der Waals surface area (Å²) in [5.41, 5.74) is 1.10. The summed E-state index contributed by atoms with van der Waals surface area (Å²) < 4.78 is 0. The van der Waals surface area contributed by atoms with Gasteiger partial charge in [-0.3, -0.25) is 0 Å². The Kier molecular flexibility index (Phi) is 3.18. The molecule has 1 nitrogen and oxygen atoms in total. The summed E-state index contributed by atoms with van der Waals surface area (Å²) in [5, 5.41) is 8.08. The van der Waals surface area contributed by atoms with Gasteiger partial charge in [0.05, 0.1) is 6.54 Å². The van der Waals surface area contributed by atoms with Crippen LogP contribution in [-0.4, -0.2) is 13.6 Å². The minimum atomic E-state index is 0.709. The fraction of sp³-hybridized carbons (Fsp3) is 0.111. The highest BCUT2D eigenvalue weighted by molar-refractivity contribution is 6.09. The maximum absolute atomic E-state index is 3.27. The summed E-state index contributed by atoms with van der Waals surface area (Å²) in [4.78, 5) is 0. The number of fused-ring (bicyclic) bond motifs is 3. The van der Waals surface area contributed by atoms with E-state index in [0.717, 1.165) is 5.56 Å². The van der Waals surface area contributed by atoms with E-state index in [4.69, 9.17) is 0 Å². The average Bonchev–Trinajstić information content (AvgIpc) is 2.47. The molecule has 0 spiro atoms. The van der Waals surface area contributed by atoms with Gasteiger partial charge in [-0.2, -0.15) is 0 Å². The van der Waals surface area contributed by atoms with Gasteiger partial charge in [0.2, 0.25) is 0 Å². The third-order valence-electron chi connectivity index (χ3n) is 3.26. The Morgan fingerprint density at radius 3 is 2.37 bits per heavy atom. The van der Waals surface area contributed by atoms with E-state index in [0.29, 0.717) is 6.54 Å². The van der Waals surface area contributed by atoms with Crippen molar-refractivity contribution in [2.45, 2.75) is 0 Å². The normalized spacial score (nSPS) is 10.4. The standard InChI is InChI=1S/C18H15N/c1-19-12-6-8-15-13-14-7-2-3-9-16(14)18-11-5-4-10-17(15)18/h2-5,7,9-11,13,19H,12H2,1H3. The molecule has 3 aromatic carbocycles. The first kappa shape index (κ1) is 11.8. The van der Waals surface area contributed by atoms with Crippen LogP contribution < -0.4 is 5.32 Å². The zero-order valence-corrected chi connectivity index (χ0v) is 10.9. The number of hydrogen-bond donors (Lipinski definition) is 1. The predicted molar refractivity (Wildman–Crippen MR) is 82.3 cm³/mol. The van der Waals surface area contributed by atoms with E-state index < -0.39 is 0 Å². The molecule has 0 saturated carbocycles. The maximum Gasteiger partial charge on any atom is 0.0577 e. The van der Waals surface area contributed by atoms with Crippen molar-refractivity contribution >= 4 is 21.5 Å². The van der Waals surface area contributed by atoms with E-state index in [1.54, 1.807) is 0 Å². The molecule has 0 unspecified atom stereocenters. The first-order valence-electron chi connectivity index (χ1n) is 6.44. The molecule has 3 aromatic rings. The summed E-state index contributed by atoms with van der Waals surface area (Å²) >= 11 is 0. The largest absolute Gasteiger partial charge is 0.309 e. The van der Waals surface area contributed by atoms with Crippen LogP contribution in [0.2, 0.25) is 0 Å². The van der Waals surface area contributed by atoms with E-state index in [1.165, 1.54) is 21.5 Å². The first-order valence-corrected chi connectivity index (χ1v) is 6.44. The van der Waals surface area contributed by atoms with Crippen molar-refractivity contribution in [2.75, 3.05) is 13.6 Å². The molecule has 0 aliphatic heterocycles. The van der Waals surface area contributed by atoms with Crippen LogP contribution >= 0.6 is 0 Å². The van der Waals surface area contributed by atoms with Crippen LogP contribution in [0.1, 0.15) is 5.56 Å². The van der Waals surface area contributed by atoms with E-state index >= 15 is 0 Å². The Hall–Kier alpha value is -2.30. The van der Waals surface area contributed by atoms with Gasteiger partial charge in [-0.15, -0.1) is 0 Å². The van der Waals surface area contributed by atoms with E-state index in [2.05, 4.69) is 71.8 Å². The Labute approximate surface area is 113 Å². The van der Waals surface area contributed by atoms with Crippen molar-refractivity contribution in [3.63, 3.8) is 0 Å². The van der Waals surface area contributed by atoms with Gasteiger partial charge < -0.3 is 5.32 Å². The van der Waals surface area contributed by atoms with Crippen molar-refractivity contribution in [2.24, 2.45) is 0 Å². The van der Waals surface area contributed by atoms with Crippen LogP contribution in [0.5, 0.6) is 0 Å². The molecule has 92 valence electrons. The van der Waals surface area contributed by atoms with Crippen LogP contribution in [0.25, 0.3) is 21.5 Å². The van der Waals surface area contributed by atoms with Crippen LogP contribution in [0.3, 0.4) is 0 Å². The fourth-order valence-electron chi connectivity index (χ4n) is 2.39. The van der Waals surface area contributed by atoms with Gasteiger partial charge >= 0.3 is 0 Å². The van der Waals surface area contributed by atoms with E-state index in [9.17, 15) is 0 Å². The lowest BCUT2D eigenvalue weighted by molar-refractivity contribution is 0.938. The molecule has 0 saturated heterocycles. The van der Waals surface area contributed by atoms with Gasteiger partial charge in [0, 0.05) is 5.56 Å². The second-order valence-electron chi connectivity index (χ2n) is 4.52. The molecule has 0 bridgehead atoms. The number of hydrogen-bond acceptors (Lipinski definition) is 1. The molecule has 0 heterocycles. The average molecular weight is 245 g/mol. The number of nitrogens with one attached hydrogen (secondary N) is 1. The highest BCUT2D eigenvalue weighted by Gasteiger charge is 2.03. The Balaban J connectivity index is 2.34. The number of rotatable bonds is 1. The Bertz CT molecular complexity index is 791. The lowest BCUT2D eigenvalue weighted by atomic mass is 9.97. The van der Waals surface area contributed by atoms with Crippen LogP contribution in [0.4, 0.5) is 0 Å². The van der Waals surface area contributed by atoms with Gasteiger partial charge in [0.15, 0.2) is 0 Å². The molecule has 3 rings (SSSR count). The topological polar surface area (TPSA) is 12.0 Å². The summed E-state index contributed by atoms with van der Waals surface area (Å²) in [6, 6.07) is 19.1. The predicted octanol–water partition coefficient (Wildman–Crippen LogP) is 3.56. The van der Waals surface area contributed by atoms with E-state index in [1.807, 2.05) is 7.05 Å². The Morgan fingerprint density at radius 2 is 1.58 bits per heavy atom. The summed E-state index contributed by atoms with van der Waals surface area (Å²) in [5.74, 6) is 6.42. The molecular weight excluding hydrogens is 230 g/mol. The molecule has 1 heteroatoms. The van der Waals surface area contributed by atoms with Crippen molar-refractivity contribution < 1.29 is 0 Å². The third-order valence-corrected chi connectivity index (χ3v) is 3.26. The molecular formula is C18H15N. The van der Waals surface area contributed by atoms with Crippen LogP contribution in [0.15, 0.2) is 54.6 Å². The molecule has 0 aromatic heterocycles. The molecule has 0 radical (unpaired) electrons. The molecule has 19 heavy (non-hydrogen) atoms. The molecule has 0 amide bonds. The molecule has 0 fully saturated rings. The van der Waals surface area contributed by atoms with Gasteiger partial charge in [-0.25, -0.2) is 0 Å². The zero-order chi connectivity index (χ0) is 13.1. The van der Waals surface area contributed by atoms with Gasteiger partial charge in [0.25, 0.3) is 0 Å². The SMILES string of the molecule is CNCC#Cc1cc2ccccc2c2ccccc12. The summed E-state index contributed by atoms with van der Waals surface area (Å²) in [7, 11) is 1.91. The minimum Gasteiger partial charge on any atom is -0.309 e. The number of benzene rings is 3. The molecule has 0 aliphatic rings. The minimum absolute atomic E-state index is 0.709. The van der Waals surface area contributed by atoms with Crippen molar-refractivity contribution in [1.82, 2.24) is 5.32 Å². The lowest BCUT2D eigenvalue weighted by Gasteiger charge is -2.06. The van der Waals surface area contributed by atoms with Gasteiger partial charge in [-0.1, -0.05) is 60.4 Å². The lowest BCUT2D eigenvalue weighted by Crippen LogP contribution is -2.04. The van der Waals surface area contributed by atoms with Crippen molar-refractivity contribution in [1.29, 1.82) is 0 Å². The highest BCUT2D eigenvalue weighted by Crippen LogP contribution is 2.28. The third kappa shape index (κ3) is 2.19. The Morgan fingerprint density at radius 1 is 0.895 bits per heavy atom. The van der Waals surface area contributed by atoms with E-state index in [-0.39, 0.29) is 0 Å². The molecule has 1 N–H and O–H groups in total. The summed E-state index contributed by atoms with van der Waals surface area (Å²) in [6.07, 6.45) is 0.